The van der Waals surface area contributed by atoms with Gasteiger partial charge in [0.15, 0.2) is 5.96 Å². The number of piperazine rings is 1. The van der Waals surface area contributed by atoms with Crippen molar-refractivity contribution in [3.8, 4) is 0 Å². The van der Waals surface area contributed by atoms with Crippen LogP contribution in [0.5, 0.6) is 0 Å². The van der Waals surface area contributed by atoms with Crippen LogP contribution in [0.2, 0.25) is 0 Å². The molecular formula is C18H28FN5O. The molecule has 1 fully saturated rings. The third kappa shape index (κ3) is 4.84. The Kier molecular flexibility index (Phi) is 6.22. The molecule has 0 unspecified atom stereocenters. The molecule has 3 N–H and O–H groups in total. The summed E-state index contributed by atoms with van der Waals surface area (Å²) in [6, 6.07) is 6.84. The summed E-state index contributed by atoms with van der Waals surface area (Å²) in [5.41, 5.74) is 5.37. The van der Waals surface area contributed by atoms with Crippen molar-refractivity contribution in [3.05, 3.63) is 30.1 Å². The van der Waals surface area contributed by atoms with E-state index in [0.29, 0.717) is 25.3 Å². The molecule has 1 saturated heterocycles. The minimum Gasteiger partial charge on any atom is -0.369 e. The Hall–Kier alpha value is -2.31. The van der Waals surface area contributed by atoms with Crippen molar-refractivity contribution in [2.45, 2.75) is 20.8 Å². The SMILES string of the molecule is CCNC(=NCC(C)(C)C(N)=O)N1CCN(c2ccccc2F)CC1. The molecule has 7 heteroatoms. The predicted molar refractivity (Wildman–Crippen MR) is 99.1 cm³/mol. The molecule has 1 aliphatic rings. The van der Waals surface area contributed by atoms with Gasteiger partial charge in [-0.25, -0.2) is 4.39 Å². The molecule has 0 spiro atoms. The van der Waals surface area contributed by atoms with Gasteiger partial charge in [-0.2, -0.15) is 0 Å². The zero-order chi connectivity index (χ0) is 18.4. The third-order valence-electron chi connectivity index (χ3n) is 4.40. The molecule has 1 aromatic rings. The maximum absolute atomic E-state index is 13.9. The number of nitrogens with zero attached hydrogens (tertiary/aromatic N) is 3. The molecule has 0 atom stereocenters. The molecule has 0 radical (unpaired) electrons. The van der Waals surface area contributed by atoms with Crippen LogP contribution in [0.25, 0.3) is 0 Å². The van der Waals surface area contributed by atoms with Crippen molar-refractivity contribution in [2.75, 3.05) is 44.2 Å². The normalized spacial score (nSPS) is 16.1. The number of carbonyl (C=O) groups is 1. The lowest BCUT2D eigenvalue weighted by Gasteiger charge is -2.38. The number of primary amides is 1. The van der Waals surface area contributed by atoms with Crippen LogP contribution < -0.4 is 16.0 Å². The van der Waals surface area contributed by atoms with Crippen LogP contribution in [0.1, 0.15) is 20.8 Å². The second kappa shape index (κ2) is 8.18. The fourth-order valence-corrected chi connectivity index (χ4v) is 2.64. The van der Waals surface area contributed by atoms with E-state index in [-0.39, 0.29) is 11.7 Å². The summed E-state index contributed by atoms with van der Waals surface area (Å²) in [5, 5.41) is 3.26. The van der Waals surface area contributed by atoms with Gasteiger partial charge in [-0.3, -0.25) is 9.79 Å². The molecule has 0 aromatic heterocycles. The molecule has 2 rings (SSSR count). The van der Waals surface area contributed by atoms with E-state index in [9.17, 15) is 9.18 Å². The van der Waals surface area contributed by atoms with Crippen LogP contribution >= 0.6 is 0 Å². The lowest BCUT2D eigenvalue weighted by atomic mass is 9.93. The van der Waals surface area contributed by atoms with Gasteiger partial charge in [-0.05, 0) is 32.9 Å². The highest BCUT2D eigenvalue weighted by Crippen LogP contribution is 2.20. The number of carbonyl (C=O) groups excluding carboxylic acids is 1. The monoisotopic (exact) mass is 349 g/mol. The Morgan fingerprint density at radius 2 is 1.92 bits per heavy atom. The van der Waals surface area contributed by atoms with E-state index in [1.165, 1.54) is 6.07 Å². The van der Waals surface area contributed by atoms with E-state index < -0.39 is 5.41 Å². The summed E-state index contributed by atoms with van der Waals surface area (Å²) in [5.74, 6) is 0.209. The number of halogens is 1. The van der Waals surface area contributed by atoms with Gasteiger partial charge in [0.1, 0.15) is 5.82 Å². The lowest BCUT2D eigenvalue weighted by Crippen LogP contribution is -2.53. The summed E-state index contributed by atoms with van der Waals surface area (Å²) in [7, 11) is 0. The number of rotatable bonds is 5. The first-order valence-electron chi connectivity index (χ1n) is 8.68. The number of nitrogens with one attached hydrogen (secondary N) is 1. The molecule has 1 aliphatic heterocycles. The third-order valence-corrected chi connectivity index (χ3v) is 4.40. The summed E-state index contributed by atoms with van der Waals surface area (Å²) < 4.78 is 13.9. The van der Waals surface area contributed by atoms with Crippen molar-refractivity contribution < 1.29 is 9.18 Å². The van der Waals surface area contributed by atoms with E-state index in [1.807, 2.05) is 17.9 Å². The summed E-state index contributed by atoms with van der Waals surface area (Å²) in [6.07, 6.45) is 0. The average Bonchev–Trinajstić information content (AvgIpc) is 2.59. The fourth-order valence-electron chi connectivity index (χ4n) is 2.64. The molecule has 138 valence electrons. The highest BCUT2D eigenvalue weighted by Gasteiger charge is 2.26. The number of para-hydroxylation sites is 1. The molecule has 1 heterocycles. The number of hydrogen-bond acceptors (Lipinski definition) is 3. The lowest BCUT2D eigenvalue weighted by molar-refractivity contribution is -0.125. The Labute approximate surface area is 148 Å². The van der Waals surface area contributed by atoms with E-state index in [4.69, 9.17) is 5.73 Å². The zero-order valence-corrected chi connectivity index (χ0v) is 15.3. The number of aliphatic imine (C=N–C) groups is 1. The van der Waals surface area contributed by atoms with Crippen LogP contribution in [0.4, 0.5) is 10.1 Å². The number of hydrogen-bond donors (Lipinski definition) is 2. The maximum Gasteiger partial charge on any atom is 0.224 e. The average molecular weight is 349 g/mol. The zero-order valence-electron chi connectivity index (χ0n) is 15.3. The van der Waals surface area contributed by atoms with E-state index >= 15 is 0 Å². The van der Waals surface area contributed by atoms with Gasteiger partial charge >= 0.3 is 0 Å². The van der Waals surface area contributed by atoms with Crippen molar-refractivity contribution in [3.63, 3.8) is 0 Å². The van der Waals surface area contributed by atoms with E-state index in [2.05, 4.69) is 15.2 Å². The van der Waals surface area contributed by atoms with Crippen molar-refractivity contribution in [2.24, 2.45) is 16.1 Å². The molecule has 1 amide bonds. The standard InChI is InChI=1S/C18H28FN5O/c1-4-21-17(22-13-18(2,3)16(20)25)24-11-9-23(10-12-24)15-8-6-5-7-14(15)19/h5-8H,4,9-13H2,1-3H3,(H2,20,25)(H,21,22). The first-order valence-corrected chi connectivity index (χ1v) is 8.68. The van der Waals surface area contributed by atoms with Crippen molar-refractivity contribution in [1.82, 2.24) is 10.2 Å². The van der Waals surface area contributed by atoms with E-state index in [0.717, 1.165) is 25.6 Å². The minimum atomic E-state index is -0.685. The molecular weight excluding hydrogens is 321 g/mol. The predicted octanol–water partition coefficient (Wildman–Crippen LogP) is 1.42. The summed E-state index contributed by atoms with van der Waals surface area (Å²) in [6.45, 7) is 9.55. The second-order valence-corrected chi connectivity index (χ2v) is 6.84. The number of amides is 1. The van der Waals surface area contributed by atoms with Gasteiger partial charge in [0.2, 0.25) is 5.91 Å². The largest absolute Gasteiger partial charge is 0.369 e. The summed E-state index contributed by atoms with van der Waals surface area (Å²) >= 11 is 0. The molecule has 0 saturated carbocycles. The first kappa shape index (κ1) is 19.0. The number of benzene rings is 1. The van der Waals surface area contributed by atoms with Crippen LogP contribution in [-0.2, 0) is 4.79 Å². The number of anilines is 1. The number of nitrogens with two attached hydrogens (primary N) is 1. The molecule has 25 heavy (non-hydrogen) atoms. The highest BCUT2D eigenvalue weighted by molar-refractivity contribution is 5.83. The Morgan fingerprint density at radius 1 is 1.28 bits per heavy atom. The van der Waals surface area contributed by atoms with Crippen molar-refractivity contribution in [1.29, 1.82) is 0 Å². The fraction of sp³-hybridized carbons (Fsp3) is 0.556. The van der Waals surface area contributed by atoms with Crippen LogP contribution in [0.15, 0.2) is 29.3 Å². The van der Waals surface area contributed by atoms with Gasteiger partial charge in [-0.1, -0.05) is 12.1 Å². The van der Waals surface area contributed by atoms with Gasteiger partial charge in [0, 0.05) is 32.7 Å². The van der Waals surface area contributed by atoms with Gasteiger partial charge in [0.25, 0.3) is 0 Å². The van der Waals surface area contributed by atoms with Gasteiger partial charge in [-0.15, -0.1) is 0 Å². The van der Waals surface area contributed by atoms with Crippen LogP contribution in [0.3, 0.4) is 0 Å². The molecule has 1 aromatic carbocycles. The Balaban J connectivity index is 2.02. The Bertz CT molecular complexity index is 624. The van der Waals surface area contributed by atoms with Crippen LogP contribution in [0, 0.1) is 11.2 Å². The first-order chi connectivity index (χ1) is 11.8. The van der Waals surface area contributed by atoms with Crippen LogP contribution in [-0.4, -0.2) is 56.0 Å². The quantitative estimate of drug-likeness (QED) is 0.623. The number of guanidine groups is 1. The second-order valence-electron chi connectivity index (χ2n) is 6.84. The van der Waals surface area contributed by atoms with Crippen molar-refractivity contribution >= 4 is 17.6 Å². The smallest absolute Gasteiger partial charge is 0.224 e. The van der Waals surface area contributed by atoms with Gasteiger partial charge < -0.3 is 20.9 Å². The molecule has 6 nitrogen and oxygen atoms in total. The van der Waals surface area contributed by atoms with Gasteiger partial charge in [0.05, 0.1) is 17.6 Å². The molecule has 0 bridgehead atoms. The summed E-state index contributed by atoms with van der Waals surface area (Å²) in [4.78, 5) is 20.2. The molecule has 0 aliphatic carbocycles. The Morgan fingerprint density at radius 3 is 2.48 bits per heavy atom. The maximum atomic E-state index is 13.9. The highest BCUT2D eigenvalue weighted by atomic mass is 19.1. The van der Waals surface area contributed by atoms with E-state index in [1.54, 1.807) is 26.0 Å². The minimum absolute atomic E-state index is 0.195. The topological polar surface area (TPSA) is 74.0 Å².